The van der Waals surface area contributed by atoms with Gasteiger partial charge in [0, 0.05) is 20.1 Å². The van der Waals surface area contributed by atoms with Gasteiger partial charge in [-0.05, 0) is 12.1 Å². The van der Waals surface area contributed by atoms with Gasteiger partial charge >= 0.3 is 18.2 Å². The topological polar surface area (TPSA) is 73.7 Å². The lowest BCUT2D eigenvalue weighted by Crippen LogP contribution is -2.30. The van der Waals surface area contributed by atoms with E-state index >= 15 is 0 Å². The molecule has 1 aliphatic rings. The highest BCUT2D eigenvalue weighted by atomic mass is 19.4. The van der Waals surface area contributed by atoms with Crippen LogP contribution in [0.5, 0.6) is 0 Å². The Morgan fingerprint density at radius 2 is 2.05 bits per heavy atom. The Labute approximate surface area is 117 Å². The maximum Gasteiger partial charge on any atom is 0.433 e. The molecule has 0 bridgehead atoms. The standard InChI is InChI=1S/C12H12F3N3O3/c1-17-4-5-18(11(17)21)6-8-7(10(19)20)2-3-9(16-8)12(13,14)15/h2-3H,4-6H2,1H3,(H,19,20). The smallest absolute Gasteiger partial charge is 0.433 e. The molecule has 114 valence electrons. The largest absolute Gasteiger partial charge is 0.478 e. The molecule has 6 nitrogen and oxygen atoms in total. The number of pyridine rings is 1. The third-order valence-electron chi connectivity index (χ3n) is 3.14. The second kappa shape index (κ2) is 5.23. The predicted molar refractivity (Wildman–Crippen MR) is 64.6 cm³/mol. The molecule has 0 spiro atoms. The molecule has 1 aliphatic heterocycles. The summed E-state index contributed by atoms with van der Waals surface area (Å²) in [6.45, 7) is 0.473. The summed E-state index contributed by atoms with van der Waals surface area (Å²) in [5.74, 6) is -1.38. The van der Waals surface area contributed by atoms with Crippen molar-refractivity contribution >= 4 is 12.0 Å². The number of alkyl halides is 3. The number of aromatic nitrogens is 1. The minimum absolute atomic E-state index is 0.269. The van der Waals surface area contributed by atoms with E-state index in [0.29, 0.717) is 19.2 Å². The van der Waals surface area contributed by atoms with Crippen molar-refractivity contribution in [3.8, 4) is 0 Å². The average Bonchev–Trinajstić information content (AvgIpc) is 2.69. The second-order valence-electron chi connectivity index (χ2n) is 4.62. The van der Waals surface area contributed by atoms with Crippen LogP contribution >= 0.6 is 0 Å². The Bertz CT molecular complexity index is 589. The summed E-state index contributed by atoms with van der Waals surface area (Å²) in [6.07, 6.45) is -4.67. The first-order valence-corrected chi connectivity index (χ1v) is 6.00. The molecule has 0 aromatic carbocycles. The molecule has 0 unspecified atom stereocenters. The zero-order chi connectivity index (χ0) is 15.8. The second-order valence-corrected chi connectivity index (χ2v) is 4.62. The van der Waals surface area contributed by atoms with Gasteiger partial charge in [0.2, 0.25) is 0 Å². The van der Waals surface area contributed by atoms with Crippen LogP contribution in [0, 0.1) is 0 Å². The number of carboxylic acid groups (broad SMARTS) is 1. The number of likely N-dealkylation sites (N-methyl/N-ethyl adjacent to an activating group) is 1. The van der Waals surface area contributed by atoms with E-state index in [4.69, 9.17) is 5.11 Å². The SMILES string of the molecule is CN1CCN(Cc2nc(C(F)(F)F)ccc2C(=O)O)C1=O. The molecule has 0 aliphatic carbocycles. The van der Waals surface area contributed by atoms with Crippen molar-refractivity contribution in [2.24, 2.45) is 0 Å². The molecule has 2 amide bonds. The van der Waals surface area contributed by atoms with E-state index in [9.17, 15) is 22.8 Å². The van der Waals surface area contributed by atoms with Crippen LogP contribution in [0.1, 0.15) is 21.7 Å². The number of carboxylic acids is 1. The Hall–Kier alpha value is -2.32. The normalized spacial score (nSPS) is 15.7. The monoisotopic (exact) mass is 303 g/mol. The van der Waals surface area contributed by atoms with Gasteiger partial charge in [0.25, 0.3) is 0 Å². The maximum atomic E-state index is 12.7. The van der Waals surface area contributed by atoms with Gasteiger partial charge in [-0.2, -0.15) is 13.2 Å². The first kappa shape index (κ1) is 15.1. The highest BCUT2D eigenvalue weighted by Gasteiger charge is 2.34. The third-order valence-corrected chi connectivity index (χ3v) is 3.14. The van der Waals surface area contributed by atoms with E-state index in [1.807, 2.05) is 0 Å². The molecule has 1 fully saturated rings. The molecule has 9 heteroatoms. The van der Waals surface area contributed by atoms with Crippen LogP contribution in [-0.2, 0) is 12.7 Å². The van der Waals surface area contributed by atoms with Gasteiger partial charge < -0.3 is 14.9 Å². The molecule has 1 saturated heterocycles. The van der Waals surface area contributed by atoms with Gasteiger partial charge in [0.15, 0.2) is 0 Å². The van der Waals surface area contributed by atoms with Crippen molar-refractivity contribution in [3.63, 3.8) is 0 Å². The lowest BCUT2D eigenvalue weighted by molar-refractivity contribution is -0.141. The van der Waals surface area contributed by atoms with Crippen molar-refractivity contribution < 1.29 is 27.9 Å². The summed E-state index contributed by atoms with van der Waals surface area (Å²) in [5.41, 5.74) is -1.80. The van der Waals surface area contributed by atoms with Gasteiger partial charge in [0.1, 0.15) is 5.69 Å². The van der Waals surface area contributed by atoms with E-state index < -0.39 is 17.8 Å². The fourth-order valence-corrected chi connectivity index (χ4v) is 2.01. The van der Waals surface area contributed by atoms with E-state index in [2.05, 4.69) is 4.98 Å². The van der Waals surface area contributed by atoms with E-state index in [1.54, 1.807) is 7.05 Å². The molecule has 1 aromatic heterocycles. The molecule has 2 heterocycles. The number of hydrogen-bond acceptors (Lipinski definition) is 3. The van der Waals surface area contributed by atoms with Crippen LogP contribution in [0.25, 0.3) is 0 Å². The minimum Gasteiger partial charge on any atom is -0.478 e. The fraction of sp³-hybridized carbons (Fsp3) is 0.417. The molecule has 2 rings (SSSR count). The summed E-state index contributed by atoms with van der Waals surface area (Å²) in [4.78, 5) is 28.8. The third kappa shape index (κ3) is 3.06. The number of hydrogen-bond donors (Lipinski definition) is 1. The highest BCUT2D eigenvalue weighted by molar-refractivity contribution is 5.89. The van der Waals surface area contributed by atoms with Gasteiger partial charge in [0.05, 0.1) is 17.8 Å². The van der Waals surface area contributed by atoms with Crippen LogP contribution in [0.15, 0.2) is 12.1 Å². The lowest BCUT2D eigenvalue weighted by atomic mass is 10.1. The molecule has 0 radical (unpaired) electrons. The summed E-state index contributed by atoms with van der Waals surface area (Å²) >= 11 is 0. The maximum absolute atomic E-state index is 12.7. The van der Waals surface area contributed by atoms with Crippen LogP contribution in [0.3, 0.4) is 0 Å². The van der Waals surface area contributed by atoms with Crippen molar-refractivity contribution in [1.82, 2.24) is 14.8 Å². The minimum atomic E-state index is -4.67. The molecule has 21 heavy (non-hydrogen) atoms. The number of amides is 2. The van der Waals surface area contributed by atoms with Crippen LogP contribution < -0.4 is 0 Å². The number of rotatable bonds is 3. The molecule has 1 N–H and O–H groups in total. The zero-order valence-electron chi connectivity index (χ0n) is 11.0. The molecule has 0 atom stereocenters. The first-order valence-electron chi connectivity index (χ1n) is 6.00. The van der Waals surface area contributed by atoms with Crippen LogP contribution in [-0.4, -0.2) is 52.0 Å². The number of aromatic carboxylic acids is 1. The van der Waals surface area contributed by atoms with Gasteiger partial charge in [-0.1, -0.05) is 0 Å². The fourth-order valence-electron chi connectivity index (χ4n) is 2.01. The Morgan fingerprint density at radius 3 is 2.52 bits per heavy atom. The Morgan fingerprint density at radius 1 is 1.38 bits per heavy atom. The quantitative estimate of drug-likeness (QED) is 0.921. The summed E-state index contributed by atoms with van der Waals surface area (Å²) in [7, 11) is 1.56. The lowest BCUT2D eigenvalue weighted by Gasteiger charge is -2.17. The molecule has 0 saturated carbocycles. The summed E-state index contributed by atoms with van der Waals surface area (Å²) in [6, 6.07) is 1.10. The van der Waals surface area contributed by atoms with Gasteiger partial charge in [-0.15, -0.1) is 0 Å². The van der Waals surface area contributed by atoms with E-state index in [1.165, 1.54) is 9.80 Å². The van der Waals surface area contributed by atoms with Crippen molar-refractivity contribution in [2.45, 2.75) is 12.7 Å². The number of urea groups is 1. The first-order chi connectivity index (χ1) is 9.70. The van der Waals surface area contributed by atoms with Crippen molar-refractivity contribution in [3.05, 3.63) is 29.1 Å². The Balaban J connectivity index is 2.35. The number of carbonyl (C=O) groups excluding carboxylic acids is 1. The van der Waals surface area contributed by atoms with E-state index in [-0.39, 0.29) is 23.8 Å². The van der Waals surface area contributed by atoms with Crippen LogP contribution in [0.2, 0.25) is 0 Å². The van der Waals surface area contributed by atoms with Crippen molar-refractivity contribution in [2.75, 3.05) is 20.1 Å². The van der Waals surface area contributed by atoms with Gasteiger partial charge in [-0.25, -0.2) is 14.6 Å². The predicted octanol–water partition coefficient (Wildman–Crippen LogP) is 1.67. The molecular weight excluding hydrogens is 291 g/mol. The van der Waals surface area contributed by atoms with E-state index in [0.717, 1.165) is 6.07 Å². The van der Waals surface area contributed by atoms with Gasteiger partial charge in [-0.3, -0.25) is 0 Å². The highest BCUT2D eigenvalue weighted by Crippen LogP contribution is 2.28. The summed E-state index contributed by atoms with van der Waals surface area (Å²) < 4.78 is 38.0. The molecule has 1 aromatic rings. The summed E-state index contributed by atoms with van der Waals surface area (Å²) in [5, 5.41) is 9.02. The Kier molecular flexibility index (Phi) is 3.75. The number of halogens is 3. The van der Waals surface area contributed by atoms with Crippen molar-refractivity contribution in [1.29, 1.82) is 0 Å². The zero-order valence-corrected chi connectivity index (χ0v) is 11.0. The average molecular weight is 303 g/mol. The number of nitrogens with zero attached hydrogens (tertiary/aromatic N) is 3. The number of carbonyl (C=O) groups is 2. The molecular formula is C12H12F3N3O3. The van der Waals surface area contributed by atoms with Crippen LogP contribution in [0.4, 0.5) is 18.0 Å².